The van der Waals surface area contributed by atoms with Gasteiger partial charge in [-0.15, -0.1) is 10.2 Å². The molecule has 2 aromatic carbocycles. The van der Waals surface area contributed by atoms with Crippen LogP contribution in [-0.2, 0) is 9.59 Å². The molecule has 2 aliphatic rings. The van der Waals surface area contributed by atoms with Gasteiger partial charge in [0.1, 0.15) is 11.4 Å². The lowest BCUT2D eigenvalue weighted by Crippen LogP contribution is -2.27. The van der Waals surface area contributed by atoms with E-state index in [0.717, 1.165) is 11.1 Å². The molecule has 0 unspecified atom stereocenters. The Morgan fingerprint density at radius 3 is 1.25 bits per heavy atom. The van der Waals surface area contributed by atoms with E-state index in [9.17, 15) is 9.59 Å². The molecule has 0 amide bonds. The third kappa shape index (κ3) is 9.57. The predicted molar refractivity (Wildman–Crippen MR) is 217 cm³/mol. The highest BCUT2D eigenvalue weighted by molar-refractivity contribution is 6.40. The van der Waals surface area contributed by atoms with E-state index in [-0.39, 0.29) is 43.3 Å². The fourth-order valence-corrected chi connectivity index (χ4v) is 6.58. The number of azo groups is 2. The van der Waals surface area contributed by atoms with Crippen molar-refractivity contribution >= 4 is 69.3 Å². The van der Waals surface area contributed by atoms with Crippen LogP contribution < -0.4 is 0 Å². The Morgan fingerprint density at radius 2 is 0.865 bits per heavy atom. The number of hydrogen-bond acceptors (Lipinski definition) is 6. The molecule has 274 valence electrons. The molecule has 6 nitrogen and oxygen atoms in total. The average molecular weight is 781 g/mol. The summed E-state index contributed by atoms with van der Waals surface area (Å²) in [5, 5.41) is 18.6. The number of Topliss-reactive ketones (excluding diaryl/α,β-unsaturated/α-hetero) is 2. The lowest BCUT2D eigenvalue weighted by atomic mass is 9.72. The van der Waals surface area contributed by atoms with Crippen LogP contribution in [0.3, 0.4) is 0 Å². The van der Waals surface area contributed by atoms with Gasteiger partial charge < -0.3 is 0 Å². The maximum Gasteiger partial charge on any atom is 0.186 e. The Morgan fingerprint density at radius 1 is 0.481 bits per heavy atom. The van der Waals surface area contributed by atoms with E-state index in [0.29, 0.717) is 54.8 Å². The first kappa shape index (κ1) is 41.3. The lowest BCUT2D eigenvalue weighted by molar-refractivity contribution is -0.114. The Labute approximate surface area is 328 Å². The van der Waals surface area contributed by atoms with Gasteiger partial charge in [0, 0.05) is 38.4 Å². The highest BCUT2D eigenvalue weighted by Gasteiger charge is 2.35. The van der Waals surface area contributed by atoms with Gasteiger partial charge in [-0.05, 0) is 81.4 Å². The molecular formula is C42H46Cl4N4O2. The quantitative estimate of drug-likeness (QED) is 0.283. The molecule has 0 N–H and O–H groups in total. The van der Waals surface area contributed by atoms with Crippen LogP contribution in [-0.4, -0.2) is 11.6 Å². The minimum absolute atomic E-state index is 0.0391. The SMILES string of the molecule is CC(C)(C)C1=CC(=C/N=N/c2cc(Cl)c(-c3cc(Cl)cc(/N=N/C=C4C=C(C(C)(C)C)C(=O)C(C(C)(C)C)=C4)c3Cl)cc2Cl)C=C(C(C)(C)C)C1=O. The second-order valence-corrected chi connectivity index (χ2v) is 18.8. The highest BCUT2D eigenvalue weighted by atomic mass is 35.5. The van der Waals surface area contributed by atoms with Crippen molar-refractivity contribution in [2.24, 2.45) is 42.1 Å². The first-order chi connectivity index (χ1) is 23.8. The van der Waals surface area contributed by atoms with E-state index in [1.165, 1.54) is 0 Å². The number of halogens is 4. The molecule has 52 heavy (non-hydrogen) atoms. The third-order valence-corrected chi connectivity index (χ3v) is 9.77. The highest BCUT2D eigenvalue weighted by Crippen LogP contribution is 2.45. The number of ketones is 2. The summed E-state index contributed by atoms with van der Waals surface area (Å²) >= 11 is 26.9. The number of carbonyl (C=O) groups excluding carboxylic acids is 2. The van der Waals surface area contributed by atoms with Gasteiger partial charge in [-0.2, -0.15) is 10.2 Å². The number of rotatable bonds is 5. The molecular weight excluding hydrogens is 734 g/mol. The molecule has 0 aliphatic heterocycles. The first-order valence-electron chi connectivity index (χ1n) is 17.0. The van der Waals surface area contributed by atoms with Crippen molar-refractivity contribution in [3.8, 4) is 11.1 Å². The molecule has 0 heterocycles. The van der Waals surface area contributed by atoms with Crippen molar-refractivity contribution in [1.29, 1.82) is 0 Å². The fourth-order valence-electron chi connectivity index (χ4n) is 5.66. The molecule has 0 aromatic heterocycles. The van der Waals surface area contributed by atoms with Gasteiger partial charge in [0.2, 0.25) is 0 Å². The van der Waals surface area contributed by atoms with E-state index in [4.69, 9.17) is 46.4 Å². The largest absolute Gasteiger partial charge is 0.289 e. The molecule has 0 fully saturated rings. The molecule has 0 atom stereocenters. The Bertz CT molecular complexity index is 2010. The molecule has 2 aliphatic carbocycles. The minimum atomic E-state index is -0.351. The van der Waals surface area contributed by atoms with Crippen molar-refractivity contribution in [2.75, 3.05) is 0 Å². The van der Waals surface area contributed by atoms with Gasteiger partial charge in [0.05, 0.1) is 27.5 Å². The third-order valence-electron chi connectivity index (χ3n) is 8.54. The van der Waals surface area contributed by atoms with E-state index in [1.807, 2.05) is 107 Å². The van der Waals surface area contributed by atoms with E-state index in [2.05, 4.69) is 20.5 Å². The minimum Gasteiger partial charge on any atom is -0.289 e. The number of nitrogens with zero attached hydrogens (tertiary/aromatic N) is 4. The zero-order chi connectivity index (χ0) is 39.1. The lowest BCUT2D eigenvalue weighted by Gasteiger charge is -2.31. The van der Waals surface area contributed by atoms with Crippen LogP contribution in [0, 0.1) is 21.7 Å². The maximum absolute atomic E-state index is 13.3. The number of carbonyl (C=O) groups is 2. The van der Waals surface area contributed by atoms with Crippen LogP contribution in [0.15, 0.2) is 115 Å². The van der Waals surface area contributed by atoms with Gasteiger partial charge >= 0.3 is 0 Å². The zero-order valence-corrected chi connectivity index (χ0v) is 34.9. The molecule has 0 saturated heterocycles. The summed E-state index contributed by atoms with van der Waals surface area (Å²) in [7, 11) is 0. The van der Waals surface area contributed by atoms with Crippen LogP contribution in [0.5, 0.6) is 0 Å². The van der Waals surface area contributed by atoms with Crippen LogP contribution in [0.1, 0.15) is 83.1 Å². The van der Waals surface area contributed by atoms with Gasteiger partial charge in [-0.25, -0.2) is 0 Å². The number of benzene rings is 2. The van der Waals surface area contributed by atoms with Crippen molar-refractivity contribution in [2.45, 2.75) is 83.1 Å². The summed E-state index contributed by atoms with van der Waals surface area (Å²) in [5.41, 5.74) is 4.66. The normalized spacial score (nSPS) is 16.4. The Hall–Kier alpha value is -3.42. The van der Waals surface area contributed by atoms with E-state index < -0.39 is 0 Å². The molecule has 0 spiro atoms. The summed E-state index contributed by atoms with van der Waals surface area (Å²) in [5.74, 6) is 0.0821. The van der Waals surface area contributed by atoms with Crippen LogP contribution in [0.2, 0.25) is 20.1 Å². The number of hydrogen-bond donors (Lipinski definition) is 0. The molecule has 0 bridgehead atoms. The Kier molecular flexibility index (Phi) is 12.0. The van der Waals surface area contributed by atoms with Gasteiger partial charge in [-0.3, -0.25) is 9.59 Å². The predicted octanol–water partition coefficient (Wildman–Crippen LogP) is 15.0. The molecule has 2 aromatic rings. The monoisotopic (exact) mass is 778 g/mol. The summed E-state index contributed by atoms with van der Waals surface area (Å²) in [6, 6.07) is 6.54. The molecule has 0 radical (unpaired) electrons. The molecule has 4 rings (SSSR count). The summed E-state index contributed by atoms with van der Waals surface area (Å²) in [6.45, 7) is 24.2. The van der Waals surface area contributed by atoms with Crippen LogP contribution in [0.25, 0.3) is 11.1 Å². The average Bonchev–Trinajstić information content (AvgIpc) is 2.99. The molecule has 10 heteroatoms. The van der Waals surface area contributed by atoms with Crippen molar-refractivity contribution in [1.82, 2.24) is 0 Å². The van der Waals surface area contributed by atoms with Crippen molar-refractivity contribution < 1.29 is 9.59 Å². The summed E-state index contributed by atoms with van der Waals surface area (Å²) in [6.07, 6.45) is 10.6. The second-order valence-electron chi connectivity index (χ2n) is 17.1. The first-order valence-corrected chi connectivity index (χ1v) is 18.5. The van der Waals surface area contributed by atoms with Crippen molar-refractivity contribution in [3.63, 3.8) is 0 Å². The summed E-state index contributed by atoms with van der Waals surface area (Å²) in [4.78, 5) is 26.6. The second kappa shape index (κ2) is 15.1. The van der Waals surface area contributed by atoms with Gasteiger partial charge in [0.15, 0.2) is 11.6 Å². The topological polar surface area (TPSA) is 83.6 Å². The standard InChI is InChI=1S/C42H46Cl4N4O2/c1-39(2,3)28-13-23(14-29(37(28)51)40(4,5)6)21-47-49-34-20-32(44)26(19-33(34)45)27-17-25(43)18-35(36(27)46)50-48-22-24-15-30(41(7,8)9)38(52)31(16-24)42(10,11)12/h13-22H,1-12H3/b49-47+,50-48+. The van der Waals surface area contributed by atoms with Crippen LogP contribution >= 0.6 is 46.4 Å². The number of allylic oxidation sites excluding steroid dienone is 10. The van der Waals surface area contributed by atoms with Crippen molar-refractivity contribution in [3.05, 3.63) is 114 Å². The van der Waals surface area contributed by atoms with Gasteiger partial charge in [-0.1, -0.05) is 129 Å². The fraction of sp³-hybridized carbons (Fsp3) is 0.381. The zero-order valence-electron chi connectivity index (χ0n) is 31.9. The Balaban J connectivity index is 1.68. The summed E-state index contributed by atoms with van der Waals surface area (Å²) < 4.78 is 0. The smallest absolute Gasteiger partial charge is 0.186 e. The van der Waals surface area contributed by atoms with E-state index in [1.54, 1.807) is 36.7 Å². The molecule has 0 saturated carbocycles. The van der Waals surface area contributed by atoms with Crippen LogP contribution in [0.4, 0.5) is 11.4 Å². The maximum atomic E-state index is 13.3. The van der Waals surface area contributed by atoms with E-state index >= 15 is 0 Å². The van der Waals surface area contributed by atoms with Gasteiger partial charge in [0.25, 0.3) is 0 Å².